The summed E-state index contributed by atoms with van der Waals surface area (Å²) in [6, 6.07) is 10.4. The lowest BCUT2D eigenvalue weighted by molar-refractivity contribution is -0.118. The summed E-state index contributed by atoms with van der Waals surface area (Å²) >= 11 is 0. The Hall–Kier alpha value is -2.89. The summed E-state index contributed by atoms with van der Waals surface area (Å²) in [5.41, 5.74) is 1.28. The predicted molar refractivity (Wildman–Crippen MR) is 103 cm³/mol. The van der Waals surface area contributed by atoms with E-state index in [-0.39, 0.29) is 11.8 Å². The van der Waals surface area contributed by atoms with E-state index in [0.717, 1.165) is 0 Å². The Morgan fingerprint density at radius 1 is 1.11 bits per heavy atom. The zero-order valence-electron chi connectivity index (χ0n) is 16.0. The molecule has 5 nitrogen and oxygen atoms in total. The number of anilines is 1. The van der Waals surface area contributed by atoms with E-state index in [9.17, 15) is 14.0 Å². The average Bonchev–Trinajstić information content (AvgIpc) is 2.63. The molecule has 0 saturated carbocycles. The van der Waals surface area contributed by atoms with Crippen LogP contribution < -0.4 is 15.4 Å². The first-order valence-electron chi connectivity index (χ1n) is 8.92. The van der Waals surface area contributed by atoms with Crippen molar-refractivity contribution in [3.63, 3.8) is 0 Å². The lowest BCUT2D eigenvalue weighted by atomic mass is 10.0. The number of amides is 2. The molecule has 2 aromatic carbocycles. The number of rotatable bonds is 7. The van der Waals surface area contributed by atoms with Crippen molar-refractivity contribution in [3.8, 4) is 5.75 Å². The number of carbonyl (C=O) groups excluding carboxylic acids is 2. The Morgan fingerprint density at radius 2 is 1.78 bits per heavy atom. The third kappa shape index (κ3) is 5.54. The molecule has 6 heteroatoms. The zero-order chi connectivity index (χ0) is 20.0. The highest BCUT2D eigenvalue weighted by atomic mass is 19.1. The normalized spacial score (nSPS) is 11.8. The molecule has 0 saturated heterocycles. The molecule has 0 aliphatic rings. The van der Waals surface area contributed by atoms with Gasteiger partial charge in [0, 0.05) is 11.3 Å². The van der Waals surface area contributed by atoms with Gasteiger partial charge in [-0.25, -0.2) is 4.39 Å². The molecule has 1 atom stereocenters. The Bertz CT molecular complexity index is 804. The monoisotopic (exact) mass is 372 g/mol. The lowest BCUT2D eigenvalue weighted by Crippen LogP contribution is -2.47. The molecule has 27 heavy (non-hydrogen) atoms. The van der Waals surface area contributed by atoms with Gasteiger partial charge in [0.25, 0.3) is 5.91 Å². The minimum absolute atomic E-state index is 0.146. The highest BCUT2D eigenvalue weighted by Gasteiger charge is 2.25. The molecule has 2 rings (SSSR count). The number of benzene rings is 2. The van der Waals surface area contributed by atoms with Crippen molar-refractivity contribution in [1.82, 2.24) is 5.32 Å². The maximum atomic E-state index is 13.7. The number of hydrogen-bond acceptors (Lipinski definition) is 3. The standard InChI is InChI=1S/C21H25FN2O3/c1-5-27-17-10-7-15(8-11-17)20(25)24-19(13(2)3)21(26)23-16-9-6-14(4)18(22)12-16/h6-13,19H,5H2,1-4H3,(H,23,26)(H,24,25). The lowest BCUT2D eigenvalue weighted by Gasteiger charge is -2.22. The largest absolute Gasteiger partial charge is 0.494 e. The van der Waals surface area contributed by atoms with E-state index in [2.05, 4.69) is 10.6 Å². The fourth-order valence-electron chi connectivity index (χ4n) is 2.52. The van der Waals surface area contributed by atoms with E-state index in [0.29, 0.717) is 29.2 Å². The van der Waals surface area contributed by atoms with Crippen molar-refractivity contribution in [2.45, 2.75) is 33.7 Å². The third-order valence-electron chi connectivity index (χ3n) is 4.10. The first kappa shape index (κ1) is 20.4. The van der Waals surface area contributed by atoms with Crippen molar-refractivity contribution in [2.75, 3.05) is 11.9 Å². The van der Waals surface area contributed by atoms with Crippen LogP contribution in [0.3, 0.4) is 0 Å². The van der Waals surface area contributed by atoms with Gasteiger partial charge in [-0.3, -0.25) is 9.59 Å². The Balaban J connectivity index is 2.08. The molecule has 2 aromatic rings. The number of aryl methyl sites for hydroxylation is 1. The molecule has 1 unspecified atom stereocenters. The van der Waals surface area contributed by atoms with E-state index < -0.39 is 17.8 Å². The molecule has 2 amide bonds. The van der Waals surface area contributed by atoms with Crippen LogP contribution in [0.4, 0.5) is 10.1 Å². The second kappa shape index (κ2) is 9.16. The smallest absolute Gasteiger partial charge is 0.251 e. The van der Waals surface area contributed by atoms with Gasteiger partial charge < -0.3 is 15.4 Å². The van der Waals surface area contributed by atoms with Gasteiger partial charge in [-0.2, -0.15) is 0 Å². The molecule has 0 spiro atoms. The van der Waals surface area contributed by atoms with Crippen molar-refractivity contribution in [2.24, 2.45) is 5.92 Å². The zero-order valence-corrected chi connectivity index (χ0v) is 16.0. The molecule has 0 aliphatic heterocycles. The summed E-state index contributed by atoms with van der Waals surface area (Å²) in [5, 5.41) is 5.41. The van der Waals surface area contributed by atoms with Gasteiger partial charge in [0.1, 0.15) is 17.6 Å². The maximum absolute atomic E-state index is 13.7. The van der Waals surface area contributed by atoms with Gasteiger partial charge in [-0.15, -0.1) is 0 Å². The van der Waals surface area contributed by atoms with Crippen LogP contribution in [0.1, 0.15) is 36.7 Å². The quantitative estimate of drug-likeness (QED) is 0.774. The number of nitrogens with one attached hydrogen (secondary N) is 2. The number of halogens is 1. The molecule has 2 N–H and O–H groups in total. The Kier molecular flexibility index (Phi) is 6.93. The molecule has 0 heterocycles. The van der Waals surface area contributed by atoms with Crippen molar-refractivity contribution < 1.29 is 18.7 Å². The molecule has 0 bridgehead atoms. The van der Waals surface area contributed by atoms with Crippen LogP contribution in [0.15, 0.2) is 42.5 Å². The first-order chi connectivity index (χ1) is 12.8. The van der Waals surface area contributed by atoms with Crippen LogP contribution >= 0.6 is 0 Å². The van der Waals surface area contributed by atoms with Crippen LogP contribution in [-0.4, -0.2) is 24.5 Å². The average molecular weight is 372 g/mol. The van der Waals surface area contributed by atoms with E-state index in [4.69, 9.17) is 4.74 Å². The molecule has 0 aliphatic carbocycles. The predicted octanol–water partition coefficient (Wildman–Crippen LogP) is 3.93. The fourth-order valence-corrected chi connectivity index (χ4v) is 2.52. The van der Waals surface area contributed by atoms with Gasteiger partial charge in [-0.1, -0.05) is 19.9 Å². The summed E-state index contributed by atoms with van der Waals surface area (Å²) in [5.74, 6) is -0.623. The van der Waals surface area contributed by atoms with Crippen molar-refractivity contribution in [1.29, 1.82) is 0 Å². The van der Waals surface area contributed by atoms with Crippen LogP contribution in [0.25, 0.3) is 0 Å². The van der Waals surface area contributed by atoms with Crippen molar-refractivity contribution >= 4 is 17.5 Å². The number of ether oxygens (including phenoxy) is 1. The number of carbonyl (C=O) groups is 2. The summed E-state index contributed by atoms with van der Waals surface area (Å²) in [6.45, 7) is 7.74. The number of hydrogen-bond donors (Lipinski definition) is 2. The van der Waals surface area contributed by atoms with Crippen LogP contribution in [-0.2, 0) is 4.79 Å². The highest BCUT2D eigenvalue weighted by Crippen LogP contribution is 2.16. The minimum atomic E-state index is -0.756. The van der Waals surface area contributed by atoms with Gasteiger partial charge in [0.15, 0.2) is 0 Å². The van der Waals surface area contributed by atoms with E-state index >= 15 is 0 Å². The van der Waals surface area contributed by atoms with Crippen LogP contribution in [0.2, 0.25) is 0 Å². The first-order valence-corrected chi connectivity index (χ1v) is 8.92. The molecule has 0 aromatic heterocycles. The highest BCUT2D eigenvalue weighted by molar-refractivity contribution is 6.01. The second-order valence-electron chi connectivity index (χ2n) is 6.61. The minimum Gasteiger partial charge on any atom is -0.494 e. The summed E-state index contributed by atoms with van der Waals surface area (Å²) in [6.07, 6.45) is 0. The molecule has 144 valence electrons. The molecule has 0 radical (unpaired) electrons. The van der Waals surface area contributed by atoms with E-state index in [1.807, 2.05) is 20.8 Å². The fraction of sp³-hybridized carbons (Fsp3) is 0.333. The summed E-state index contributed by atoms with van der Waals surface area (Å²) in [7, 11) is 0. The molecule has 0 fully saturated rings. The van der Waals surface area contributed by atoms with E-state index in [1.54, 1.807) is 43.3 Å². The molecular weight excluding hydrogens is 347 g/mol. The van der Waals surface area contributed by atoms with Crippen LogP contribution in [0.5, 0.6) is 5.75 Å². The second-order valence-corrected chi connectivity index (χ2v) is 6.61. The Labute approximate surface area is 158 Å². The summed E-state index contributed by atoms with van der Waals surface area (Å²) < 4.78 is 19.0. The molecular formula is C21H25FN2O3. The van der Waals surface area contributed by atoms with Gasteiger partial charge in [0.2, 0.25) is 5.91 Å². The van der Waals surface area contributed by atoms with Gasteiger partial charge in [0.05, 0.1) is 6.61 Å². The van der Waals surface area contributed by atoms with Gasteiger partial charge >= 0.3 is 0 Å². The van der Waals surface area contributed by atoms with Crippen molar-refractivity contribution in [3.05, 3.63) is 59.4 Å². The third-order valence-corrected chi connectivity index (χ3v) is 4.10. The van der Waals surface area contributed by atoms with Gasteiger partial charge in [-0.05, 0) is 61.7 Å². The van der Waals surface area contributed by atoms with E-state index in [1.165, 1.54) is 6.07 Å². The summed E-state index contributed by atoms with van der Waals surface area (Å²) in [4.78, 5) is 25.1. The van der Waals surface area contributed by atoms with Crippen LogP contribution in [0, 0.1) is 18.7 Å². The SMILES string of the molecule is CCOc1ccc(C(=O)NC(C(=O)Nc2ccc(C)c(F)c2)C(C)C)cc1. The topological polar surface area (TPSA) is 67.4 Å². The maximum Gasteiger partial charge on any atom is 0.251 e. The Morgan fingerprint density at radius 3 is 2.33 bits per heavy atom.